The smallest absolute Gasteiger partial charge is 0.254 e. The molecule has 1 spiro atoms. The molecule has 0 saturated carbocycles. The van der Waals surface area contributed by atoms with Gasteiger partial charge in [-0.2, -0.15) is 14.6 Å². The van der Waals surface area contributed by atoms with Crippen LogP contribution >= 0.6 is 0 Å². The molecule has 3 aliphatic heterocycles. The molecule has 2 aromatic heterocycles. The minimum absolute atomic E-state index is 0.328. The normalized spacial score (nSPS) is 23.7. The average molecular weight is 392 g/mol. The summed E-state index contributed by atoms with van der Waals surface area (Å²) < 4.78 is 12.8. The first-order chi connectivity index (χ1) is 14.2. The zero-order valence-electron chi connectivity index (χ0n) is 16.5. The van der Waals surface area contributed by atoms with Crippen molar-refractivity contribution in [1.82, 2.24) is 24.5 Å². The summed E-state index contributed by atoms with van der Waals surface area (Å²) in [6, 6.07) is 8.42. The molecule has 0 bridgehead atoms. The summed E-state index contributed by atoms with van der Waals surface area (Å²) in [6.45, 7) is 7.68. The van der Waals surface area contributed by atoms with E-state index in [1.807, 2.05) is 17.5 Å². The molecule has 0 amide bonds. The molecule has 6 rings (SSSR count). The summed E-state index contributed by atoms with van der Waals surface area (Å²) in [6.07, 6.45) is 4.03. The molecule has 0 N–H and O–H groups in total. The Balaban J connectivity index is 1.18. The number of fused-ring (bicyclic) bond motifs is 2. The fourth-order valence-corrected chi connectivity index (χ4v) is 5.06. The maximum absolute atomic E-state index is 5.53. The predicted octanol–water partition coefficient (Wildman–Crippen LogP) is 2.26. The first-order valence-electron chi connectivity index (χ1n) is 10.2. The van der Waals surface area contributed by atoms with Gasteiger partial charge < -0.3 is 14.4 Å². The van der Waals surface area contributed by atoms with Gasteiger partial charge in [0.05, 0.1) is 0 Å². The maximum atomic E-state index is 5.53. The zero-order chi connectivity index (χ0) is 19.4. The predicted molar refractivity (Wildman–Crippen MR) is 107 cm³/mol. The third kappa shape index (κ3) is 2.90. The minimum atomic E-state index is 0.328. The number of hydrogen-bond acceptors (Lipinski definition) is 7. The highest BCUT2D eigenvalue weighted by molar-refractivity contribution is 5.48. The van der Waals surface area contributed by atoms with Crippen LogP contribution in [0.25, 0.3) is 5.78 Å². The SMILES string of the molecule is Cc1cc(N2CCC3(CCN(Cc4ccc5c(c4)OCO5)C3)C2)n2ncnc2n1. The Morgan fingerprint density at radius 3 is 2.93 bits per heavy atom. The number of nitrogens with zero attached hydrogens (tertiary/aromatic N) is 6. The van der Waals surface area contributed by atoms with Gasteiger partial charge in [-0.25, -0.2) is 4.98 Å². The van der Waals surface area contributed by atoms with E-state index in [2.05, 4.69) is 43.1 Å². The van der Waals surface area contributed by atoms with Crippen LogP contribution in [0.2, 0.25) is 0 Å². The van der Waals surface area contributed by atoms with Crippen molar-refractivity contribution in [2.75, 3.05) is 37.9 Å². The van der Waals surface area contributed by atoms with E-state index in [0.717, 1.165) is 55.7 Å². The topological polar surface area (TPSA) is 68.0 Å². The lowest BCUT2D eigenvalue weighted by atomic mass is 9.86. The zero-order valence-corrected chi connectivity index (χ0v) is 16.5. The summed E-state index contributed by atoms with van der Waals surface area (Å²) >= 11 is 0. The number of likely N-dealkylation sites (tertiary alicyclic amines) is 1. The fourth-order valence-electron chi connectivity index (χ4n) is 5.06. The van der Waals surface area contributed by atoms with Crippen LogP contribution in [0.1, 0.15) is 24.1 Å². The third-order valence-electron chi connectivity index (χ3n) is 6.48. The largest absolute Gasteiger partial charge is 0.454 e. The molecule has 0 radical (unpaired) electrons. The number of aryl methyl sites for hydroxylation is 1. The number of ether oxygens (including phenoxy) is 2. The van der Waals surface area contributed by atoms with Crippen LogP contribution < -0.4 is 14.4 Å². The van der Waals surface area contributed by atoms with Crippen molar-refractivity contribution < 1.29 is 9.47 Å². The van der Waals surface area contributed by atoms with E-state index in [1.54, 1.807) is 6.33 Å². The van der Waals surface area contributed by atoms with Crippen molar-refractivity contribution in [2.45, 2.75) is 26.3 Å². The third-order valence-corrected chi connectivity index (χ3v) is 6.48. The summed E-state index contributed by atoms with van der Waals surface area (Å²) in [5.41, 5.74) is 2.62. The second kappa shape index (κ2) is 6.32. The molecular formula is C21H24N6O2. The molecule has 1 unspecified atom stereocenters. The number of rotatable bonds is 3. The van der Waals surface area contributed by atoms with E-state index >= 15 is 0 Å². The van der Waals surface area contributed by atoms with Gasteiger partial charge in [0.25, 0.3) is 5.78 Å². The van der Waals surface area contributed by atoms with Crippen LogP contribution in [0.15, 0.2) is 30.6 Å². The molecule has 1 atom stereocenters. The highest BCUT2D eigenvalue weighted by atomic mass is 16.7. The number of hydrogen-bond donors (Lipinski definition) is 0. The van der Waals surface area contributed by atoms with E-state index < -0.39 is 0 Å². The lowest BCUT2D eigenvalue weighted by Crippen LogP contribution is -2.31. The summed E-state index contributed by atoms with van der Waals surface area (Å²) in [7, 11) is 0. The van der Waals surface area contributed by atoms with E-state index in [1.165, 1.54) is 18.4 Å². The Bertz CT molecular complexity index is 1080. The number of benzene rings is 1. The molecule has 0 aliphatic carbocycles. The van der Waals surface area contributed by atoms with Crippen molar-refractivity contribution in [2.24, 2.45) is 5.41 Å². The fraction of sp³-hybridized carbons (Fsp3) is 0.476. The Morgan fingerprint density at radius 1 is 1.07 bits per heavy atom. The van der Waals surface area contributed by atoms with E-state index in [0.29, 0.717) is 18.0 Å². The molecule has 8 nitrogen and oxygen atoms in total. The van der Waals surface area contributed by atoms with Crippen molar-refractivity contribution in [3.05, 3.63) is 41.9 Å². The van der Waals surface area contributed by atoms with Gasteiger partial charge in [-0.1, -0.05) is 6.07 Å². The molecule has 29 heavy (non-hydrogen) atoms. The van der Waals surface area contributed by atoms with Crippen molar-refractivity contribution in [1.29, 1.82) is 0 Å². The molecule has 150 valence electrons. The van der Waals surface area contributed by atoms with Crippen LogP contribution in [0, 0.1) is 12.3 Å². The van der Waals surface area contributed by atoms with Crippen LogP contribution in [0.4, 0.5) is 5.82 Å². The standard InChI is InChI=1S/C21H24N6O2/c1-15-8-19(27-20(24-15)22-13-23-27)26-7-5-21(12-26)4-6-25(11-21)10-16-2-3-17-18(9-16)29-14-28-17/h2-3,8-9,13H,4-7,10-12,14H2,1H3. The van der Waals surface area contributed by atoms with Crippen LogP contribution in [0.5, 0.6) is 11.5 Å². The summed E-state index contributed by atoms with van der Waals surface area (Å²) in [5.74, 6) is 3.51. The monoisotopic (exact) mass is 392 g/mol. The molecule has 2 fully saturated rings. The van der Waals surface area contributed by atoms with E-state index in [4.69, 9.17) is 9.47 Å². The van der Waals surface area contributed by atoms with Crippen molar-refractivity contribution in [3.8, 4) is 11.5 Å². The lowest BCUT2D eigenvalue weighted by Gasteiger charge is -2.26. The first-order valence-corrected chi connectivity index (χ1v) is 10.2. The summed E-state index contributed by atoms with van der Waals surface area (Å²) in [5, 5.41) is 4.39. The molecule has 1 aromatic carbocycles. The van der Waals surface area contributed by atoms with Gasteiger partial charge in [0.15, 0.2) is 11.5 Å². The van der Waals surface area contributed by atoms with Gasteiger partial charge in [-0.15, -0.1) is 0 Å². The van der Waals surface area contributed by atoms with E-state index in [9.17, 15) is 0 Å². The van der Waals surface area contributed by atoms with Gasteiger partial charge >= 0.3 is 0 Å². The van der Waals surface area contributed by atoms with Crippen LogP contribution in [-0.4, -0.2) is 57.5 Å². The van der Waals surface area contributed by atoms with Gasteiger partial charge in [0.2, 0.25) is 6.79 Å². The molecule has 3 aromatic rings. The molecular weight excluding hydrogens is 368 g/mol. The minimum Gasteiger partial charge on any atom is -0.454 e. The molecule has 5 heterocycles. The highest BCUT2D eigenvalue weighted by Crippen LogP contribution is 2.42. The van der Waals surface area contributed by atoms with Crippen LogP contribution in [0.3, 0.4) is 0 Å². The number of anilines is 1. The average Bonchev–Trinajstić information content (AvgIpc) is 3.49. The number of aromatic nitrogens is 4. The molecule has 3 aliphatic rings. The van der Waals surface area contributed by atoms with E-state index in [-0.39, 0.29) is 0 Å². The Labute approximate surface area is 169 Å². The Hall–Kier alpha value is -2.87. The summed E-state index contributed by atoms with van der Waals surface area (Å²) in [4.78, 5) is 13.8. The van der Waals surface area contributed by atoms with Crippen molar-refractivity contribution in [3.63, 3.8) is 0 Å². The van der Waals surface area contributed by atoms with Gasteiger partial charge in [0.1, 0.15) is 12.1 Å². The Morgan fingerprint density at radius 2 is 1.97 bits per heavy atom. The highest BCUT2D eigenvalue weighted by Gasteiger charge is 2.44. The quantitative estimate of drug-likeness (QED) is 0.677. The van der Waals surface area contributed by atoms with Gasteiger partial charge in [0, 0.05) is 43.4 Å². The second-order valence-corrected chi connectivity index (χ2v) is 8.55. The second-order valence-electron chi connectivity index (χ2n) is 8.55. The van der Waals surface area contributed by atoms with Crippen molar-refractivity contribution >= 4 is 11.6 Å². The first kappa shape index (κ1) is 17.0. The van der Waals surface area contributed by atoms with Gasteiger partial charge in [-0.3, -0.25) is 4.90 Å². The van der Waals surface area contributed by atoms with Gasteiger partial charge in [-0.05, 0) is 44.0 Å². The maximum Gasteiger partial charge on any atom is 0.254 e. The Kier molecular flexibility index (Phi) is 3.71. The van der Waals surface area contributed by atoms with Crippen LogP contribution in [-0.2, 0) is 6.54 Å². The molecule has 2 saturated heterocycles. The molecule has 8 heteroatoms. The lowest BCUT2D eigenvalue weighted by molar-refractivity contribution is 0.174.